The van der Waals surface area contributed by atoms with E-state index in [9.17, 15) is 5.11 Å². The molecule has 0 aromatic heterocycles. The quantitative estimate of drug-likeness (QED) is 0.783. The van der Waals surface area contributed by atoms with Crippen molar-refractivity contribution in [3.8, 4) is 5.75 Å². The van der Waals surface area contributed by atoms with E-state index in [0.29, 0.717) is 10.6 Å². The second-order valence-electron chi connectivity index (χ2n) is 4.24. The van der Waals surface area contributed by atoms with E-state index in [1.165, 1.54) is 12.0 Å². The van der Waals surface area contributed by atoms with Gasteiger partial charge in [0.15, 0.2) is 0 Å². The second-order valence-corrected chi connectivity index (χ2v) is 4.62. The topological polar surface area (TPSA) is 55.5 Å². The Morgan fingerprint density at radius 3 is 2.56 bits per heavy atom. The predicted octanol–water partition coefficient (Wildman–Crippen LogP) is 2.62. The standard InChI is InChI=1S/C12H16ClNO2/c1-7-8-4-2-3-5-9(8)11(13)12(15)10(7)6-16-14/h15H,2-6,14H2,1H3. The molecule has 0 unspecified atom stereocenters. The molecule has 3 nitrogen and oxygen atoms in total. The van der Waals surface area contributed by atoms with Gasteiger partial charge in [0.1, 0.15) is 5.75 Å². The van der Waals surface area contributed by atoms with Crippen molar-refractivity contribution in [2.75, 3.05) is 0 Å². The Hall–Kier alpha value is -0.770. The number of hydrogen-bond acceptors (Lipinski definition) is 3. The van der Waals surface area contributed by atoms with Gasteiger partial charge in [-0.2, -0.15) is 0 Å². The fourth-order valence-electron chi connectivity index (χ4n) is 2.46. The van der Waals surface area contributed by atoms with Crippen molar-refractivity contribution < 1.29 is 9.94 Å². The maximum absolute atomic E-state index is 10.00. The van der Waals surface area contributed by atoms with Crippen LogP contribution < -0.4 is 5.90 Å². The van der Waals surface area contributed by atoms with Gasteiger partial charge in [0, 0.05) is 5.56 Å². The zero-order chi connectivity index (χ0) is 11.7. The van der Waals surface area contributed by atoms with Crippen LogP contribution in [0.15, 0.2) is 0 Å². The first-order valence-corrected chi connectivity index (χ1v) is 5.88. The molecule has 1 aromatic rings. The smallest absolute Gasteiger partial charge is 0.140 e. The zero-order valence-corrected chi connectivity index (χ0v) is 10.1. The number of aromatic hydroxyl groups is 1. The van der Waals surface area contributed by atoms with Gasteiger partial charge in [-0.25, -0.2) is 5.90 Å². The summed E-state index contributed by atoms with van der Waals surface area (Å²) in [7, 11) is 0. The first-order valence-electron chi connectivity index (χ1n) is 5.50. The lowest BCUT2D eigenvalue weighted by molar-refractivity contribution is 0.121. The molecule has 0 saturated heterocycles. The van der Waals surface area contributed by atoms with E-state index in [1.807, 2.05) is 6.92 Å². The fraction of sp³-hybridized carbons (Fsp3) is 0.500. The molecule has 3 N–H and O–H groups in total. The molecule has 0 heterocycles. The Balaban J connectivity index is 2.60. The van der Waals surface area contributed by atoms with Crippen molar-refractivity contribution in [3.63, 3.8) is 0 Å². The highest BCUT2D eigenvalue weighted by molar-refractivity contribution is 6.33. The first-order chi connectivity index (χ1) is 7.66. The highest BCUT2D eigenvalue weighted by Crippen LogP contribution is 2.40. The summed E-state index contributed by atoms with van der Waals surface area (Å²) in [5.74, 6) is 5.20. The summed E-state index contributed by atoms with van der Waals surface area (Å²) in [6.07, 6.45) is 4.29. The monoisotopic (exact) mass is 241 g/mol. The number of phenols is 1. The van der Waals surface area contributed by atoms with E-state index in [-0.39, 0.29) is 12.4 Å². The second kappa shape index (κ2) is 4.62. The molecule has 0 fully saturated rings. The Morgan fingerprint density at radius 1 is 1.31 bits per heavy atom. The molecular weight excluding hydrogens is 226 g/mol. The van der Waals surface area contributed by atoms with Gasteiger partial charge in [0.05, 0.1) is 11.6 Å². The molecule has 0 aliphatic heterocycles. The van der Waals surface area contributed by atoms with E-state index in [4.69, 9.17) is 17.5 Å². The van der Waals surface area contributed by atoms with Crippen LogP contribution >= 0.6 is 11.6 Å². The first kappa shape index (κ1) is 11.7. The Kier molecular flexibility index (Phi) is 3.38. The van der Waals surface area contributed by atoms with Crippen LogP contribution in [0.25, 0.3) is 0 Å². The molecule has 0 bridgehead atoms. The van der Waals surface area contributed by atoms with Crippen LogP contribution in [0.3, 0.4) is 0 Å². The van der Waals surface area contributed by atoms with E-state index >= 15 is 0 Å². The number of nitrogens with two attached hydrogens (primary N) is 1. The minimum atomic E-state index is 0.130. The van der Waals surface area contributed by atoms with Gasteiger partial charge in [-0.3, -0.25) is 4.84 Å². The van der Waals surface area contributed by atoms with Crippen molar-refractivity contribution in [1.82, 2.24) is 0 Å². The lowest BCUT2D eigenvalue weighted by atomic mass is 9.86. The minimum absolute atomic E-state index is 0.130. The van der Waals surface area contributed by atoms with Crippen LogP contribution in [0.1, 0.15) is 35.1 Å². The number of rotatable bonds is 2. The molecule has 1 aromatic carbocycles. The molecule has 0 atom stereocenters. The molecule has 0 radical (unpaired) electrons. The van der Waals surface area contributed by atoms with Crippen molar-refractivity contribution in [2.45, 2.75) is 39.2 Å². The number of fused-ring (bicyclic) bond motifs is 1. The van der Waals surface area contributed by atoms with Crippen LogP contribution in [0.2, 0.25) is 5.02 Å². The average Bonchev–Trinajstić information content (AvgIpc) is 2.32. The third-order valence-corrected chi connectivity index (χ3v) is 3.77. The van der Waals surface area contributed by atoms with Gasteiger partial charge in [0.25, 0.3) is 0 Å². The third-order valence-electron chi connectivity index (χ3n) is 3.36. The van der Waals surface area contributed by atoms with Gasteiger partial charge in [-0.15, -0.1) is 0 Å². The summed E-state index contributed by atoms with van der Waals surface area (Å²) in [6.45, 7) is 2.19. The Labute approximate surface area is 100 Å². The molecule has 88 valence electrons. The fourth-order valence-corrected chi connectivity index (χ4v) is 2.78. The van der Waals surface area contributed by atoms with Crippen molar-refractivity contribution in [2.24, 2.45) is 5.90 Å². The van der Waals surface area contributed by atoms with Gasteiger partial charge in [0.2, 0.25) is 0 Å². The van der Waals surface area contributed by atoms with Crippen LogP contribution in [0.4, 0.5) is 0 Å². The number of halogens is 1. The van der Waals surface area contributed by atoms with Crippen LogP contribution in [0, 0.1) is 6.92 Å². The van der Waals surface area contributed by atoms with E-state index in [1.54, 1.807) is 0 Å². The van der Waals surface area contributed by atoms with Gasteiger partial charge in [-0.1, -0.05) is 11.6 Å². The zero-order valence-electron chi connectivity index (χ0n) is 9.35. The van der Waals surface area contributed by atoms with E-state index < -0.39 is 0 Å². The normalized spacial score (nSPS) is 14.9. The third kappa shape index (κ3) is 1.79. The lowest BCUT2D eigenvalue weighted by Gasteiger charge is -2.23. The SMILES string of the molecule is Cc1c(CON)c(O)c(Cl)c2c1CCCC2. The van der Waals surface area contributed by atoms with Crippen molar-refractivity contribution in [3.05, 3.63) is 27.3 Å². The number of phenolic OH excluding ortho intramolecular Hbond substituents is 1. The molecule has 1 aliphatic carbocycles. The Morgan fingerprint density at radius 2 is 1.94 bits per heavy atom. The molecule has 2 rings (SSSR count). The predicted molar refractivity (Wildman–Crippen MR) is 63.5 cm³/mol. The average molecular weight is 242 g/mol. The highest BCUT2D eigenvalue weighted by Gasteiger charge is 2.22. The number of benzene rings is 1. The summed E-state index contributed by atoms with van der Waals surface area (Å²) < 4.78 is 0. The molecule has 16 heavy (non-hydrogen) atoms. The van der Waals surface area contributed by atoms with E-state index in [2.05, 4.69) is 4.84 Å². The van der Waals surface area contributed by atoms with Crippen LogP contribution in [0.5, 0.6) is 5.75 Å². The maximum Gasteiger partial charge on any atom is 0.140 e. The molecular formula is C12H16ClNO2. The van der Waals surface area contributed by atoms with Gasteiger partial charge in [-0.05, 0) is 49.3 Å². The lowest BCUT2D eigenvalue weighted by Crippen LogP contribution is -2.10. The molecule has 0 saturated carbocycles. The van der Waals surface area contributed by atoms with Crippen LogP contribution in [-0.4, -0.2) is 5.11 Å². The summed E-state index contributed by atoms with van der Waals surface area (Å²) in [4.78, 5) is 4.62. The summed E-state index contributed by atoms with van der Waals surface area (Å²) in [5, 5.41) is 10.5. The molecule has 0 spiro atoms. The largest absolute Gasteiger partial charge is 0.506 e. The summed E-state index contributed by atoms with van der Waals surface area (Å²) in [5.41, 5.74) is 4.15. The van der Waals surface area contributed by atoms with Gasteiger partial charge >= 0.3 is 0 Å². The Bertz CT molecular complexity index is 418. The van der Waals surface area contributed by atoms with Crippen molar-refractivity contribution in [1.29, 1.82) is 0 Å². The number of hydrogen-bond donors (Lipinski definition) is 2. The summed E-state index contributed by atoms with van der Waals surface area (Å²) in [6, 6.07) is 0. The minimum Gasteiger partial charge on any atom is -0.506 e. The van der Waals surface area contributed by atoms with E-state index in [0.717, 1.165) is 30.4 Å². The molecule has 1 aliphatic rings. The highest BCUT2D eigenvalue weighted by atomic mass is 35.5. The summed E-state index contributed by atoms with van der Waals surface area (Å²) >= 11 is 6.18. The van der Waals surface area contributed by atoms with Crippen molar-refractivity contribution >= 4 is 11.6 Å². The van der Waals surface area contributed by atoms with Crippen LogP contribution in [-0.2, 0) is 24.3 Å². The molecule has 0 amide bonds. The maximum atomic E-state index is 10.00. The van der Waals surface area contributed by atoms with Gasteiger partial charge < -0.3 is 5.11 Å². The molecule has 4 heteroatoms.